The number of nitrogens with one attached hydrogen (secondary N) is 2. The van der Waals surface area contributed by atoms with E-state index in [1.807, 2.05) is 13.8 Å². The van der Waals surface area contributed by atoms with Gasteiger partial charge in [0.2, 0.25) is 0 Å². The van der Waals surface area contributed by atoms with E-state index < -0.39 is 0 Å². The third kappa shape index (κ3) is 6.37. The Balaban J connectivity index is 0.00000242. The van der Waals surface area contributed by atoms with Gasteiger partial charge in [0.1, 0.15) is 17.7 Å². The van der Waals surface area contributed by atoms with Crippen LogP contribution in [0.2, 0.25) is 0 Å². The minimum Gasteiger partial charge on any atom is -0.489 e. The van der Waals surface area contributed by atoms with Gasteiger partial charge < -0.3 is 15.4 Å². The van der Waals surface area contributed by atoms with Crippen LogP contribution in [0.4, 0.5) is 4.39 Å². The number of hydrogen-bond acceptors (Lipinski definition) is 2. The molecule has 6 heteroatoms. The van der Waals surface area contributed by atoms with Crippen molar-refractivity contribution < 1.29 is 9.13 Å². The highest BCUT2D eigenvalue weighted by molar-refractivity contribution is 14.0. The van der Waals surface area contributed by atoms with E-state index in [2.05, 4.69) is 22.5 Å². The number of halogens is 2. The lowest BCUT2D eigenvalue weighted by Gasteiger charge is -2.15. The highest BCUT2D eigenvalue weighted by atomic mass is 127. The Bertz CT molecular complexity index is 498. The molecule has 0 aromatic heterocycles. The minimum atomic E-state index is -0.291. The van der Waals surface area contributed by atoms with Crippen LogP contribution in [0.3, 0.4) is 0 Å². The predicted molar refractivity (Wildman–Crippen MR) is 98.6 cm³/mol. The molecule has 0 saturated heterocycles. The Morgan fingerprint density at radius 3 is 2.82 bits per heavy atom. The number of aliphatic imine (C=N–C) groups is 1. The van der Waals surface area contributed by atoms with Gasteiger partial charge in [0.15, 0.2) is 5.96 Å². The first-order valence-electron chi connectivity index (χ1n) is 7.55. The van der Waals surface area contributed by atoms with E-state index in [0.29, 0.717) is 18.3 Å². The van der Waals surface area contributed by atoms with E-state index in [1.165, 1.54) is 18.6 Å². The smallest absolute Gasteiger partial charge is 0.191 e. The Kier molecular flexibility index (Phi) is 7.92. The largest absolute Gasteiger partial charge is 0.489 e. The molecule has 1 fully saturated rings. The van der Waals surface area contributed by atoms with Crippen molar-refractivity contribution >= 4 is 29.9 Å². The number of guanidine groups is 1. The SMILES string of the molecule is CCNC(=NCC(C)Oc1cccc(F)c1)NC1CC1C.I. The molecular formula is C16H25FIN3O. The van der Waals surface area contributed by atoms with Crippen molar-refractivity contribution in [2.24, 2.45) is 10.9 Å². The number of hydrogen-bond donors (Lipinski definition) is 2. The molecule has 1 aromatic rings. The molecule has 2 N–H and O–H groups in total. The number of ether oxygens (including phenoxy) is 1. The van der Waals surface area contributed by atoms with E-state index in [4.69, 9.17) is 4.74 Å². The molecule has 1 aromatic carbocycles. The highest BCUT2D eigenvalue weighted by Gasteiger charge is 2.33. The monoisotopic (exact) mass is 421 g/mol. The molecule has 1 aliphatic rings. The molecule has 0 spiro atoms. The molecule has 0 radical (unpaired) electrons. The number of benzene rings is 1. The summed E-state index contributed by atoms with van der Waals surface area (Å²) in [5.41, 5.74) is 0. The van der Waals surface area contributed by atoms with Gasteiger partial charge >= 0.3 is 0 Å². The van der Waals surface area contributed by atoms with Gasteiger partial charge in [0.05, 0.1) is 6.54 Å². The van der Waals surface area contributed by atoms with E-state index >= 15 is 0 Å². The zero-order chi connectivity index (χ0) is 15.2. The molecule has 0 amide bonds. The first kappa shape index (κ1) is 19.0. The van der Waals surface area contributed by atoms with Crippen molar-refractivity contribution in [1.82, 2.24) is 10.6 Å². The van der Waals surface area contributed by atoms with Crippen molar-refractivity contribution in [1.29, 1.82) is 0 Å². The first-order chi connectivity index (χ1) is 10.1. The molecule has 2 rings (SSSR count). The highest BCUT2D eigenvalue weighted by Crippen LogP contribution is 2.28. The topological polar surface area (TPSA) is 45.7 Å². The molecule has 1 saturated carbocycles. The fourth-order valence-corrected chi connectivity index (χ4v) is 2.05. The molecule has 1 aliphatic carbocycles. The average Bonchev–Trinajstić information content (AvgIpc) is 3.12. The molecule has 22 heavy (non-hydrogen) atoms. The van der Waals surface area contributed by atoms with Crippen molar-refractivity contribution in [3.63, 3.8) is 0 Å². The summed E-state index contributed by atoms with van der Waals surface area (Å²) in [6.45, 7) is 7.54. The maximum atomic E-state index is 13.1. The second kappa shape index (κ2) is 9.17. The summed E-state index contributed by atoms with van der Waals surface area (Å²) in [4.78, 5) is 4.52. The molecular weight excluding hydrogens is 396 g/mol. The van der Waals surface area contributed by atoms with Crippen LogP contribution in [0.1, 0.15) is 27.2 Å². The summed E-state index contributed by atoms with van der Waals surface area (Å²) in [7, 11) is 0. The van der Waals surface area contributed by atoms with Crippen LogP contribution < -0.4 is 15.4 Å². The summed E-state index contributed by atoms with van der Waals surface area (Å²) < 4.78 is 18.8. The zero-order valence-electron chi connectivity index (χ0n) is 13.3. The lowest BCUT2D eigenvalue weighted by molar-refractivity contribution is 0.229. The van der Waals surface area contributed by atoms with Crippen LogP contribution in [0.25, 0.3) is 0 Å². The van der Waals surface area contributed by atoms with Crippen LogP contribution in [-0.2, 0) is 0 Å². The van der Waals surface area contributed by atoms with Gasteiger partial charge in [-0.05, 0) is 38.3 Å². The van der Waals surface area contributed by atoms with E-state index in [0.717, 1.165) is 18.4 Å². The summed E-state index contributed by atoms with van der Waals surface area (Å²) >= 11 is 0. The van der Waals surface area contributed by atoms with Gasteiger partial charge in [-0.1, -0.05) is 13.0 Å². The molecule has 3 atom stereocenters. The van der Waals surface area contributed by atoms with Crippen molar-refractivity contribution in [3.05, 3.63) is 30.1 Å². The van der Waals surface area contributed by atoms with E-state index in [1.54, 1.807) is 12.1 Å². The molecule has 0 bridgehead atoms. The Morgan fingerprint density at radius 1 is 1.50 bits per heavy atom. The van der Waals surface area contributed by atoms with E-state index in [-0.39, 0.29) is 35.9 Å². The van der Waals surface area contributed by atoms with Gasteiger partial charge in [-0.3, -0.25) is 0 Å². The maximum Gasteiger partial charge on any atom is 0.191 e. The molecule has 3 unspecified atom stereocenters. The lowest BCUT2D eigenvalue weighted by Crippen LogP contribution is -2.39. The molecule has 4 nitrogen and oxygen atoms in total. The van der Waals surface area contributed by atoms with Gasteiger partial charge in [-0.2, -0.15) is 0 Å². The van der Waals surface area contributed by atoms with Crippen molar-refractivity contribution in [2.75, 3.05) is 13.1 Å². The Labute approximate surface area is 148 Å². The summed E-state index contributed by atoms with van der Waals surface area (Å²) in [5.74, 6) is 1.78. The average molecular weight is 421 g/mol. The minimum absolute atomic E-state index is 0. The molecule has 124 valence electrons. The fourth-order valence-electron chi connectivity index (χ4n) is 2.05. The van der Waals surface area contributed by atoms with Gasteiger partial charge in [-0.25, -0.2) is 9.38 Å². The predicted octanol–water partition coefficient (Wildman–Crippen LogP) is 3.17. The van der Waals surface area contributed by atoms with Gasteiger partial charge in [-0.15, -0.1) is 24.0 Å². The van der Waals surface area contributed by atoms with Gasteiger partial charge in [0, 0.05) is 18.7 Å². The first-order valence-corrected chi connectivity index (χ1v) is 7.55. The van der Waals surface area contributed by atoms with Crippen molar-refractivity contribution in [2.45, 2.75) is 39.3 Å². The number of rotatable bonds is 6. The second-order valence-corrected chi connectivity index (χ2v) is 5.57. The Morgan fingerprint density at radius 2 is 2.23 bits per heavy atom. The van der Waals surface area contributed by atoms with Crippen molar-refractivity contribution in [3.8, 4) is 5.75 Å². The van der Waals surface area contributed by atoms with Crippen LogP contribution in [-0.4, -0.2) is 31.2 Å². The fraction of sp³-hybridized carbons (Fsp3) is 0.562. The zero-order valence-corrected chi connectivity index (χ0v) is 15.6. The lowest BCUT2D eigenvalue weighted by atomic mass is 10.3. The maximum absolute atomic E-state index is 13.1. The summed E-state index contributed by atoms with van der Waals surface area (Å²) in [6.07, 6.45) is 1.08. The van der Waals surface area contributed by atoms with Crippen LogP contribution in [0, 0.1) is 11.7 Å². The quantitative estimate of drug-likeness (QED) is 0.422. The van der Waals surface area contributed by atoms with Gasteiger partial charge in [0.25, 0.3) is 0 Å². The van der Waals surface area contributed by atoms with Crippen LogP contribution in [0.15, 0.2) is 29.3 Å². The third-order valence-corrected chi connectivity index (χ3v) is 3.42. The van der Waals surface area contributed by atoms with Crippen LogP contribution >= 0.6 is 24.0 Å². The second-order valence-electron chi connectivity index (χ2n) is 5.57. The normalized spacial score (nSPS) is 21.5. The summed E-state index contributed by atoms with van der Waals surface area (Å²) in [6, 6.07) is 6.71. The summed E-state index contributed by atoms with van der Waals surface area (Å²) in [5, 5.41) is 6.62. The Hall–Kier alpha value is -1.05. The third-order valence-electron chi connectivity index (χ3n) is 3.42. The molecule has 0 aliphatic heterocycles. The van der Waals surface area contributed by atoms with E-state index in [9.17, 15) is 4.39 Å². The standard InChI is InChI=1S/C16H24FN3O.HI/c1-4-18-16(20-15-8-11(15)2)19-10-12(3)21-14-7-5-6-13(17)9-14;/h5-7,9,11-12,15H,4,8,10H2,1-3H3,(H2,18,19,20);1H. The molecule has 0 heterocycles. The number of nitrogens with zero attached hydrogens (tertiary/aromatic N) is 1. The van der Waals surface area contributed by atoms with Crippen LogP contribution in [0.5, 0.6) is 5.75 Å².